The molecule has 9 rings (SSSR count). The monoisotopic (exact) mass is 852 g/mol. The van der Waals surface area contributed by atoms with Crippen molar-refractivity contribution in [2.75, 3.05) is 13.2 Å². The second-order valence-electron chi connectivity index (χ2n) is 22.8. The molecule has 9 fully saturated rings. The zero-order valence-electron chi connectivity index (χ0n) is 37.1. The fourth-order valence-electron chi connectivity index (χ4n) is 16.6. The largest absolute Gasteiger partial charge is 0.457 e. The van der Waals surface area contributed by atoms with E-state index in [1.54, 1.807) is 0 Å². The molecule has 0 aromatic rings. The summed E-state index contributed by atoms with van der Waals surface area (Å²) in [7, 11) is 0. The van der Waals surface area contributed by atoms with Crippen molar-refractivity contribution in [3.63, 3.8) is 0 Å². The number of rotatable bonds is 7. The molecule has 4 aliphatic heterocycles. The quantitative estimate of drug-likeness (QED) is 0.144. The average molecular weight is 853 g/mol. The van der Waals surface area contributed by atoms with Crippen LogP contribution in [-0.4, -0.2) is 145 Å². The minimum Gasteiger partial charge on any atom is -0.457 e. The van der Waals surface area contributed by atoms with E-state index < -0.39 is 96.0 Å². The van der Waals surface area contributed by atoms with Crippen LogP contribution in [0.1, 0.15) is 121 Å². The summed E-state index contributed by atoms with van der Waals surface area (Å²) < 4.78 is 44.5. The molecule has 0 aromatic heterocycles. The predicted octanol–water partition coefficient (Wildman–Crippen LogP) is 2.30. The number of esters is 1. The van der Waals surface area contributed by atoms with Gasteiger partial charge in [0.15, 0.2) is 18.4 Å². The number of fused-ring (bicyclic) bond motifs is 4. The van der Waals surface area contributed by atoms with Gasteiger partial charge in [0.1, 0.15) is 65.6 Å². The van der Waals surface area contributed by atoms with E-state index in [4.69, 9.17) is 33.2 Å². The molecule has 0 radical (unpaired) electrons. The Labute approximate surface area is 353 Å². The van der Waals surface area contributed by atoms with Crippen LogP contribution in [0, 0.1) is 50.7 Å². The zero-order valence-corrected chi connectivity index (χ0v) is 37.1. The van der Waals surface area contributed by atoms with E-state index in [0.29, 0.717) is 5.92 Å². The number of ether oxygens (including phenoxy) is 7. The Bertz CT molecular complexity index is 1730. The summed E-state index contributed by atoms with van der Waals surface area (Å²) in [6.07, 6.45) is -6.87. The van der Waals surface area contributed by atoms with E-state index in [1.807, 2.05) is 20.8 Å². The molecule has 4 saturated heterocycles. The van der Waals surface area contributed by atoms with Gasteiger partial charge in [0, 0.05) is 18.3 Å². The molecule has 22 unspecified atom stereocenters. The van der Waals surface area contributed by atoms with E-state index in [-0.39, 0.29) is 58.1 Å². The Balaban J connectivity index is 0.951. The number of aliphatic hydroxyl groups is 7. The summed E-state index contributed by atoms with van der Waals surface area (Å²) in [6, 6.07) is 0. The maximum atomic E-state index is 13.2. The van der Waals surface area contributed by atoms with Gasteiger partial charge in [-0.05, 0) is 118 Å². The number of hydrogen-bond acceptors (Lipinski definition) is 15. The standard InChI is InChI=1S/C45H72O15/c1-21-17-40(8)42(10,38(5,6)58-22(2)47)60-45(59-40)33(21)39(7)15-16-44-20-43(44)14-13-27(37(3,4)25(43)11-12-26(44)41(39,9)36(45)53)56-34-31(52)32(23(48)19-54-34)57-35-30(51)29(50)28(49)24(18-46)55-35/h21,23-36,46,48-53H,11-20H2,1-10H3. The molecule has 3 spiro atoms. The van der Waals surface area contributed by atoms with Crippen molar-refractivity contribution in [3.8, 4) is 0 Å². The normalized spacial score (nSPS) is 58.9. The first-order valence-corrected chi connectivity index (χ1v) is 22.6. The highest BCUT2D eigenvalue weighted by Crippen LogP contribution is 2.90. The van der Waals surface area contributed by atoms with Gasteiger partial charge in [0.05, 0.1) is 19.3 Å². The first-order valence-electron chi connectivity index (χ1n) is 22.6. The van der Waals surface area contributed by atoms with Crippen LogP contribution >= 0.6 is 0 Å². The molecule has 5 aliphatic carbocycles. The zero-order chi connectivity index (χ0) is 43.8. The smallest absolute Gasteiger partial charge is 0.303 e. The van der Waals surface area contributed by atoms with Gasteiger partial charge in [-0.1, -0.05) is 34.6 Å². The van der Waals surface area contributed by atoms with Crippen LogP contribution in [0.2, 0.25) is 0 Å². The molecular weight excluding hydrogens is 780 g/mol. The highest BCUT2D eigenvalue weighted by atomic mass is 16.8. The first kappa shape index (κ1) is 44.2. The van der Waals surface area contributed by atoms with Crippen LogP contribution in [0.15, 0.2) is 0 Å². The Morgan fingerprint density at radius 2 is 1.47 bits per heavy atom. The van der Waals surface area contributed by atoms with Crippen LogP contribution in [0.4, 0.5) is 0 Å². The molecule has 15 heteroatoms. The van der Waals surface area contributed by atoms with Gasteiger partial charge < -0.3 is 68.9 Å². The third-order valence-electron chi connectivity index (χ3n) is 19.7. The lowest BCUT2D eigenvalue weighted by Gasteiger charge is -2.63. The van der Waals surface area contributed by atoms with Crippen molar-refractivity contribution in [3.05, 3.63) is 0 Å². The minimum atomic E-state index is -1.70. The Hall–Kier alpha value is -1.05. The van der Waals surface area contributed by atoms with E-state index >= 15 is 0 Å². The molecule has 0 amide bonds. The highest BCUT2D eigenvalue weighted by Gasteiger charge is 2.90. The van der Waals surface area contributed by atoms with Gasteiger partial charge >= 0.3 is 5.97 Å². The number of carbonyl (C=O) groups is 1. The lowest BCUT2D eigenvalue weighted by molar-refractivity contribution is -0.356. The summed E-state index contributed by atoms with van der Waals surface area (Å²) in [5, 5.41) is 76.4. The van der Waals surface area contributed by atoms with Crippen molar-refractivity contribution in [1.29, 1.82) is 0 Å². The molecular formula is C45H72O15. The van der Waals surface area contributed by atoms with Gasteiger partial charge in [0.2, 0.25) is 0 Å². The SMILES string of the molecule is CC(=O)OC(C)(C)C1(C)OC23OC1(C)CC(C)C2C1(C)CCC24CC25CCC(OC2OCC(O)C(OC6OC(CO)C(O)C(O)C6O)C2O)C(C)(C)C5CCC4C1(C)C3O. The molecule has 22 atom stereocenters. The van der Waals surface area contributed by atoms with Gasteiger partial charge in [-0.25, -0.2) is 0 Å². The minimum absolute atomic E-state index is 0.0261. The molecule has 60 heavy (non-hydrogen) atoms. The lowest BCUT2D eigenvalue weighted by atomic mass is 9.41. The number of aliphatic hydroxyl groups excluding tert-OH is 7. The summed E-state index contributed by atoms with van der Waals surface area (Å²) in [5.74, 6) is -0.987. The van der Waals surface area contributed by atoms with Gasteiger partial charge in [-0.15, -0.1) is 0 Å². The molecule has 5 saturated carbocycles. The van der Waals surface area contributed by atoms with Crippen molar-refractivity contribution in [1.82, 2.24) is 0 Å². The Kier molecular flexibility index (Phi) is 9.94. The summed E-state index contributed by atoms with van der Waals surface area (Å²) in [5.41, 5.74) is -3.90. The van der Waals surface area contributed by atoms with Gasteiger partial charge in [0.25, 0.3) is 0 Å². The third kappa shape index (κ3) is 5.27. The maximum Gasteiger partial charge on any atom is 0.303 e. The van der Waals surface area contributed by atoms with Crippen molar-refractivity contribution in [2.45, 2.75) is 211 Å². The van der Waals surface area contributed by atoms with Crippen LogP contribution in [0.25, 0.3) is 0 Å². The van der Waals surface area contributed by atoms with E-state index in [9.17, 15) is 40.5 Å². The highest BCUT2D eigenvalue weighted by molar-refractivity contribution is 5.66. The molecule has 9 aliphatic rings. The van der Waals surface area contributed by atoms with Crippen LogP contribution in [-0.2, 0) is 38.0 Å². The summed E-state index contributed by atoms with van der Waals surface area (Å²) in [6.45, 7) is 19.9. The average Bonchev–Trinajstić information content (AvgIpc) is 3.74. The van der Waals surface area contributed by atoms with E-state index in [1.165, 1.54) is 6.92 Å². The van der Waals surface area contributed by atoms with E-state index in [0.717, 1.165) is 51.4 Å². The topological polar surface area (TPSA) is 223 Å². The lowest BCUT2D eigenvalue weighted by Crippen LogP contribution is -2.63. The molecule has 0 aromatic carbocycles. The molecule has 4 heterocycles. The maximum absolute atomic E-state index is 13.2. The van der Waals surface area contributed by atoms with E-state index in [2.05, 4.69) is 41.5 Å². The summed E-state index contributed by atoms with van der Waals surface area (Å²) >= 11 is 0. The molecule has 342 valence electrons. The fourth-order valence-corrected chi connectivity index (χ4v) is 16.6. The van der Waals surface area contributed by atoms with Gasteiger partial charge in [-0.3, -0.25) is 4.79 Å². The predicted molar refractivity (Wildman–Crippen MR) is 210 cm³/mol. The first-order chi connectivity index (χ1) is 27.8. The molecule has 15 nitrogen and oxygen atoms in total. The molecule has 2 bridgehead atoms. The second kappa shape index (κ2) is 13.5. The fraction of sp³-hybridized carbons (Fsp3) is 0.978. The van der Waals surface area contributed by atoms with Gasteiger partial charge in [-0.2, -0.15) is 0 Å². The van der Waals surface area contributed by atoms with Crippen LogP contribution < -0.4 is 0 Å². The number of carbonyl (C=O) groups excluding carboxylic acids is 1. The van der Waals surface area contributed by atoms with Crippen molar-refractivity contribution >= 4 is 5.97 Å². The van der Waals surface area contributed by atoms with Crippen molar-refractivity contribution in [2.24, 2.45) is 50.7 Å². The van der Waals surface area contributed by atoms with Crippen molar-refractivity contribution < 1.29 is 73.7 Å². The van der Waals surface area contributed by atoms with Crippen LogP contribution in [0.3, 0.4) is 0 Å². The Morgan fingerprint density at radius 1 is 0.800 bits per heavy atom. The second-order valence-corrected chi connectivity index (χ2v) is 22.8. The molecule has 7 N–H and O–H groups in total. The number of hydrogen-bond donors (Lipinski definition) is 7. The summed E-state index contributed by atoms with van der Waals surface area (Å²) in [4.78, 5) is 12.4. The Morgan fingerprint density at radius 3 is 2.13 bits per heavy atom. The van der Waals surface area contributed by atoms with Crippen LogP contribution in [0.5, 0.6) is 0 Å². The third-order valence-corrected chi connectivity index (χ3v) is 19.7.